The third-order valence-corrected chi connectivity index (χ3v) is 3.90. The van der Waals surface area contributed by atoms with Crippen LogP contribution in [0.5, 0.6) is 0 Å². The molecule has 0 aliphatic heterocycles. The van der Waals surface area contributed by atoms with E-state index in [0.29, 0.717) is 12.2 Å². The van der Waals surface area contributed by atoms with E-state index in [1.807, 2.05) is 13.0 Å². The number of hydrogen-bond acceptors (Lipinski definition) is 2. The molecule has 0 amide bonds. The molecular weight excluding hydrogens is 333 g/mol. The van der Waals surface area contributed by atoms with Gasteiger partial charge in [0, 0.05) is 16.6 Å². The van der Waals surface area contributed by atoms with Crippen molar-refractivity contribution in [1.82, 2.24) is 5.32 Å². The minimum absolute atomic E-state index is 0.0871. The van der Waals surface area contributed by atoms with Crippen LogP contribution in [-0.2, 0) is 4.74 Å². The zero-order chi connectivity index (χ0) is 16.0. The maximum Gasteiger partial charge on any atom is 0.128 e. The molecule has 2 atom stereocenters. The van der Waals surface area contributed by atoms with Crippen LogP contribution in [0, 0.1) is 11.2 Å². The number of hydrogen-bond donors (Lipinski definition) is 1. The largest absolute Gasteiger partial charge is 0.376 e. The van der Waals surface area contributed by atoms with Crippen LogP contribution in [0.15, 0.2) is 22.7 Å². The summed E-state index contributed by atoms with van der Waals surface area (Å²) in [6.07, 6.45) is 0.896. The third-order valence-electron chi connectivity index (χ3n) is 3.41. The fourth-order valence-corrected chi connectivity index (χ4v) is 2.84. The molecule has 1 aromatic carbocycles. The lowest BCUT2D eigenvalue weighted by molar-refractivity contribution is -0.0372. The zero-order valence-electron chi connectivity index (χ0n) is 13.7. The van der Waals surface area contributed by atoms with Crippen molar-refractivity contribution in [1.29, 1.82) is 0 Å². The van der Waals surface area contributed by atoms with Crippen LogP contribution >= 0.6 is 15.9 Å². The molecule has 1 N–H and O–H groups in total. The van der Waals surface area contributed by atoms with Crippen molar-refractivity contribution in [2.24, 2.45) is 5.41 Å². The van der Waals surface area contributed by atoms with E-state index in [1.165, 1.54) is 6.07 Å². The standard InChI is InChI=1S/C17H27BrFNO/c1-6-10-20-15(16(21-7-2)17(3,4)5)13-11-12(18)8-9-14(13)19/h8-9,11,15-16,20H,6-7,10H2,1-5H3. The van der Waals surface area contributed by atoms with Gasteiger partial charge in [-0.25, -0.2) is 4.39 Å². The first kappa shape index (κ1) is 18.6. The van der Waals surface area contributed by atoms with Gasteiger partial charge in [-0.15, -0.1) is 0 Å². The van der Waals surface area contributed by atoms with Gasteiger partial charge in [0.1, 0.15) is 5.82 Å². The third kappa shape index (κ3) is 5.35. The molecule has 0 radical (unpaired) electrons. The minimum Gasteiger partial charge on any atom is -0.376 e. The van der Waals surface area contributed by atoms with E-state index in [4.69, 9.17) is 4.74 Å². The molecule has 2 nitrogen and oxygen atoms in total. The maximum absolute atomic E-state index is 14.3. The molecule has 2 unspecified atom stereocenters. The van der Waals surface area contributed by atoms with E-state index >= 15 is 0 Å². The second-order valence-electron chi connectivity index (χ2n) is 6.34. The van der Waals surface area contributed by atoms with Gasteiger partial charge in [-0.05, 0) is 43.5 Å². The summed E-state index contributed by atoms with van der Waals surface area (Å²) < 4.78 is 21.2. The molecule has 0 saturated heterocycles. The molecule has 0 fully saturated rings. The molecular formula is C17H27BrFNO. The summed E-state index contributed by atoms with van der Waals surface area (Å²) in [4.78, 5) is 0. The molecule has 0 heterocycles. The van der Waals surface area contributed by atoms with E-state index in [2.05, 4.69) is 48.9 Å². The predicted molar refractivity (Wildman–Crippen MR) is 90.0 cm³/mol. The molecule has 4 heteroatoms. The Morgan fingerprint density at radius 1 is 1.29 bits per heavy atom. The van der Waals surface area contributed by atoms with Crippen LogP contribution in [0.25, 0.3) is 0 Å². The number of rotatable bonds is 7. The van der Waals surface area contributed by atoms with Gasteiger partial charge in [-0.2, -0.15) is 0 Å². The quantitative estimate of drug-likeness (QED) is 0.732. The van der Waals surface area contributed by atoms with Crippen LogP contribution in [0.1, 0.15) is 52.6 Å². The first-order valence-electron chi connectivity index (χ1n) is 7.61. The highest BCUT2D eigenvalue weighted by Gasteiger charge is 2.35. The second-order valence-corrected chi connectivity index (χ2v) is 7.26. The van der Waals surface area contributed by atoms with Crippen molar-refractivity contribution >= 4 is 15.9 Å². The van der Waals surface area contributed by atoms with Crippen molar-refractivity contribution in [3.8, 4) is 0 Å². The maximum atomic E-state index is 14.3. The van der Waals surface area contributed by atoms with Crippen molar-refractivity contribution < 1.29 is 9.13 Å². The van der Waals surface area contributed by atoms with Gasteiger partial charge >= 0.3 is 0 Å². The Kier molecular flexibility index (Phi) is 7.31. The highest BCUT2D eigenvalue weighted by molar-refractivity contribution is 9.10. The van der Waals surface area contributed by atoms with E-state index < -0.39 is 0 Å². The lowest BCUT2D eigenvalue weighted by Gasteiger charge is -2.37. The van der Waals surface area contributed by atoms with Crippen LogP contribution in [0.4, 0.5) is 4.39 Å². The highest BCUT2D eigenvalue weighted by atomic mass is 79.9. The number of halogens is 2. The van der Waals surface area contributed by atoms with E-state index in [1.54, 1.807) is 6.07 Å². The van der Waals surface area contributed by atoms with Gasteiger partial charge in [0.05, 0.1) is 12.1 Å². The van der Waals surface area contributed by atoms with Gasteiger partial charge in [0.15, 0.2) is 0 Å². The fraction of sp³-hybridized carbons (Fsp3) is 0.647. The summed E-state index contributed by atoms with van der Waals surface area (Å²) in [5.41, 5.74) is 0.571. The highest BCUT2D eigenvalue weighted by Crippen LogP contribution is 2.35. The summed E-state index contributed by atoms with van der Waals surface area (Å²) in [6, 6.07) is 4.91. The molecule has 1 rings (SSSR count). The van der Waals surface area contributed by atoms with Crippen LogP contribution < -0.4 is 5.32 Å². The first-order chi connectivity index (χ1) is 9.81. The Balaban J connectivity index is 3.22. The molecule has 0 aromatic heterocycles. The molecule has 1 aromatic rings. The molecule has 0 saturated carbocycles. The second kappa shape index (κ2) is 8.25. The van der Waals surface area contributed by atoms with Gasteiger partial charge in [-0.3, -0.25) is 0 Å². The molecule has 0 aliphatic rings. The summed E-state index contributed by atoms with van der Waals surface area (Å²) in [5, 5.41) is 3.46. The average Bonchev–Trinajstić information content (AvgIpc) is 2.40. The van der Waals surface area contributed by atoms with Gasteiger partial charge in [0.25, 0.3) is 0 Å². The Hall–Kier alpha value is -0.450. The van der Waals surface area contributed by atoms with Crippen LogP contribution in [-0.4, -0.2) is 19.3 Å². The summed E-state index contributed by atoms with van der Waals surface area (Å²) in [5.74, 6) is -0.194. The van der Waals surface area contributed by atoms with Gasteiger partial charge in [0.2, 0.25) is 0 Å². The van der Waals surface area contributed by atoms with Crippen molar-refractivity contribution in [3.05, 3.63) is 34.1 Å². The molecule has 0 aliphatic carbocycles. The summed E-state index contributed by atoms with van der Waals surface area (Å²) >= 11 is 3.44. The molecule has 0 bridgehead atoms. The average molecular weight is 360 g/mol. The minimum atomic E-state index is -0.194. The molecule has 120 valence electrons. The van der Waals surface area contributed by atoms with E-state index in [0.717, 1.165) is 17.4 Å². The fourth-order valence-electron chi connectivity index (χ4n) is 2.46. The molecule has 0 spiro atoms. The number of ether oxygens (including phenoxy) is 1. The van der Waals surface area contributed by atoms with Crippen molar-refractivity contribution in [3.63, 3.8) is 0 Å². The SMILES string of the molecule is CCCNC(c1cc(Br)ccc1F)C(OCC)C(C)(C)C. The number of nitrogens with one attached hydrogen (secondary N) is 1. The Morgan fingerprint density at radius 3 is 2.48 bits per heavy atom. The monoisotopic (exact) mass is 359 g/mol. The van der Waals surface area contributed by atoms with E-state index in [9.17, 15) is 4.39 Å². The van der Waals surface area contributed by atoms with Crippen molar-refractivity contribution in [2.75, 3.05) is 13.2 Å². The van der Waals surface area contributed by atoms with Crippen LogP contribution in [0.3, 0.4) is 0 Å². The zero-order valence-corrected chi connectivity index (χ0v) is 15.3. The van der Waals surface area contributed by atoms with Crippen molar-refractivity contribution in [2.45, 2.75) is 53.2 Å². The Labute approximate surface area is 136 Å². The van der Waals surface area contributed by atoms with E-state index in [-0.39, 0.29) is 23.4 Å². The number of benzene rings is 1. The first-order valence-corrected chi connectivity index (χ1v) is 8.40. The normalized spacial score (nSPS) is 15.0. The lowest BCUT2D eigenvalue weighted by Crippen LogP contribution is -2.42. The topological polar surface area (TPSA) is 21.3 Å². The van der Waals surface area contributed by atoms with Gasteiger partial charge in [-0.1, -0.05) is 43.6 Å². The predicted octanol–water partition coefficient (Wildman–Crippen LogP) is 5.08. The van der Waals surface area contributed by atoms with Crippen LogP contribution in [0.2, 0.25) is 0 Å². The summed E-state index contributed by atoms with van der Waals surface area (Å²) in [6.45, 7) is 11.9. The van der Waals surface area contributed by atoms with Gasteiger partial charge < -0.3 is 10.1 Å². The Morgan fingerprint density at radius 2 is 1.95 bits per heavy atom. The summed E-state index contributed by atoms with van der Waals surface area (Å²) in [7, 11) is 0. The lowest BCUT2D eigenvalue weighted by atomic mass is 9.81. The molecule has 21 heavy (non-hydrogen) atoms. The smallest absolute Gasteiger partial charge is 0.128 e. The Bertz CT molecular complexity index is 445.